The summed E-state index contributed by atoms with van der Waals surface area (Å²) >= 11 is 6.17. The third kappa shape index (κ3) is 2.26. The molecule has 0 atom stereocenters. The SMILES string of the molecule is Cc1ccnc(N)c1Cc1cc(Cl)cc2c1OCC2. The van der Waals surface area contributed by atoms with Crippen LogP contribution in [0.1, 0.15) is 22.3 Å². The molecule has 0 saturated heterocycles. The van der Waals surface area contributed by atoms with Gasteiger partial charge in [0, 0.05) is 35.2 Å². The summed E-state index contributed by atoms with van der Waals surface area (Å²) in [6.07, 6.45) is 3.35. The molecule has 0 aliphatic carbocycles. The van der Waals surface area contributed by atoms with E-state index in [4.69, 9.17) is 22.1 Å². The summed E-state index contributed by atoms with van der Waals surface area (Å²) in [5.41, 5.74) is 10.4. The van der Waals surface area contributed by atoms with Gasteiger partial charge in [-0.2, -0.15) is 0 Å². The average Bonchev–Trinajstić information content (AvgIpc) is 2.81. The molecule has 0 amide bonds. The fourth-order valence-electron chi connectivity index (χ4n) is 2.51. The number of hydrogen-bond donors (Lipinski definition) is 1. The largest absolute Gasteiger partial charge is 0.493 e. The number of ether oxygens (including phenoxy) is 1. The van der Waals surface area contributed by atoms with Crippen molar-refractivity contribution in [2.45, 2.75) is 19.8 Å². The number of nitrogens with two attached hydrogens (primary N) is 1. The van der Waals surface area contributed by atoms with Gasteiger partial charge in [-0.15, -0.1) is 0 Å². The number of aromatic nitrogens is 1. The molecule has 2 heterocycles. The molecular weight excluding hydrogens is 260 g/mol. The molecule has 4 heteroatoms. The summed E-state index contributed by atoms with van der Waals surface area (Å²) in [5.74, 6) is 1.54. The van der Waals surface area contributed by atoms with Crippen LogP contribution in [0.5, 0.6) is 5.75 Å². The fourth-order valence-corrected chi connectivity index (χ4v) is 2.77. The zero-order chi connectivity index (χ0) is 13.4. The fraction of sp³-hybridized carbons (Fsp3) is 0.267. The first-order valence-corrected chi connectivity index (χ1v) is 6.67. The van der Waals surface area contributed by atoms with Gasteiger partial charge in [0.15, 0.2) is 0 Å². The predicted octanol–water partition coefficient (Wildman–Crippen LogP) is 3.15. The molecule has 0 radical (unpaired) electrons. The van der Waals surface area contributed by atoms with Crippen LogP contribution in [0.2, 0.25) is 5.02 Å². The van der Waals surface area contributed by atoms with Gasteiger partial charge in [-0.3, -0.25) is 0 Å². The Morgan fingerprint density at radius 3 is 3.05 bits per heavy atom. The first-order chi connectivity index (χ1) is 9.15. The molecule has 1 aliphatic rings. The smallest absolute Gasteiger partial charge is 0.127 e. The Hall–Kier alpha value is -1.74. The minimum absolute atomic E-state index is 0.576. The molecular formula is C15H15ClN2O. The maximum Gasteiger partial charge on any atom is 0.127 e. The summed E-state index contributed by atoms with van der Waals surface area (Å²) in [4.78, 5) is 4.16. The highest BCUT2D eigenvalue weighted by Gasteiger charge is 2.19. The van der Waals surface area contributed by atoms with Crippen molar-refractivity contribution in [1.29, 1.82) is 0 Å². The number of nitrogens with zero attached hydrogens (tertiary/aromatic N) is 1. The van der Waals surface area contributed by atoms with Crippen LogP contribution in [0.15, 0.2) is 24.4 Å². The van der Waals surface area contributed by atoms with Crippen LogP contribution in [-0.4, -0.2) is 11.6 Å². The molecule has 98 valence electrons. The number of hydrogen-bond acceptors (Lipinski definition) is 3. The van der Waals surface area contributed by atoms with Crippen molar-refractivity contribution in [3.05, 3.63) is 51.7 Å². The Kier molecular flexibility index (Phi) is 3.07. The Morgan fingerprint density at radius 2 is 2.26 bits per heavy atom. The lowest BCUT2D eigenvalue weighted by atomic mass is 9.99. The van der Waals surface area contributed by atoms with Crippen molar-refractivity contribution in [3.8, 4) is 5.75 Å². The van der Waals surface area contributed by atoms with Gasteiger partial charge >= 0.3 is 0 Å². The van der Waals surface area contributed by atoms with Gasteiger partial charge in [0.2, 0.25) is 0 Å². The zero-order valence-electron chi connectivity index (χ0n) is 10.7. The van der Waals surface area contributed by atoms with E-state index in [1.807, 2.05) is 25.1 Å². The van der Waals surface area contributed by atoms with Crippen molar-refractivity contribution in [2.75, 3.05) is 12.3 Å². The molecule has 3 rings (SSSR count). The van der Waals surface area contributed by atoms with E-state index in [9.17, 15) is 0 Å². The van der Waals surface area contributed by atoms with E-state index < -0.39 is 0 Å². The highest BCUT2D eigenvalue weighted by Crippen LogP contribution is 2.35. The molecule has 1 aliphatic heterocycles. The van der Waals surface area contributed by atoms with Crippen LogP contribution < -0.4 is 10.5 Å². The molecule has 1 aromatic heterocycles. The average molecular weight is 275 g/mol. The molecule has 3 nitrogen and oxygen atoms in total. The topological polar surface area (TPSA) is 48.1 Å². The summed E-state index contributed by atoms with van der Waals surface area (Å²) in [5, 5.41) is 0.749. The van der Waals surface area contributed by atoms with E-state index in [2.05, 4.69) is 4.98 Å². The highest BCUT2D eigenvalue weighted by molar-refractivity contribution is 6.30. The van der Waals surface area contributed by atoms with Gasteiger partial charge in [0.25, 0.3) is 0 Å². The summed E-state index contributed by atoms with van der Waals surface area (Å²) < 4.78 is 5.72. The Bertz CT molecular complexity index is 620. The second-order valence-corrected chi connectivity index (χ2v) is 5.26. The second kappa shape index (κ2) is 4.74. The van der Waals surface area contributed by atoms with Gasteiger partial charge in [0.05, 0.1) is 6.61 Å². The van der Waals surface area contributed by atoms with E-state index in [0.717, 1.165) is 40.5 Å². The Morgan fingerprint density at radius 1 is 1.42 bits per heavy atom. The van der Waals surface area contributed by atoms with E-state index >= 15 is 0 Å². The predicted molar refractivity (Wildman–Crippen MR) is 76.8 cm³/mol. The maximum absolute atomic E-state index is 6.17. The standard InChI is InChI=1S/C15H15ClN2O/c1-9-2-4-18-15(17)13(9)8-11-7-12(16)6-10-3-5-19-14(10)11/h2,4,6-7H,3,5,8H2,1H3,(H2,17,18). The number of anilines is 1. The highest BCUT2D eigenvalue weighted by atomic mass is 35.5. The van der Waals surface area contributed by atoms with Crippen molar-refractivity contribution in [1.82, 2.24) is 4.98 Å². The van der Waals surface area contributed by atoms with Crippen LogP contribution in [0, 0.1) is 6.92 Å². The lowest BCUT2D eigenvalue weighted by molar-refractivity contribution is 0.354. The van der Waals surface area contributed by atoms with Crippen molar-refractivity contribution >= 4 is 17.4 Å². The summed E-state index contributed by atoms with van der Waals surface area (Å²) in [6, 6.07) is 5.90. The molecule has 0 spiro atoms. The normalized spacial score (nSPS) is 13.2. The molecule has 2 N–H and O–H groups in total. The monoisotopic (exact) mass is 274 g/mol. The molecule has 2 aromatic rings. The molecule has 0 bridgehead atoms. The maximum atomic E-state index is 6.17. The van der Waals surface area contributed by atoms with E-state index in [-0.39, 0.29) is 0 Å². The summed E-state index contributed by atoms with van der Waals surface area (Å²) in [6.45, 7) is 2.77. The van der Waals surface area contributed by atoms with Crippen LogP contribution in [0.3, 0.4) is 0 Å². The molecule has 1 aromatic carbocycles. The quantitative estimate of drug-likeness (QED) is 0.915. The lowest BCUT2D eigenvalue weighted by Gasteiger charge is -2.12. The Labute approximate surface area is 117 Å². The number of fused-ring (bicyclic) bond motifs is 1. The van der Waals surface area contributed by atoms with Crippen LogP contribution in [0.4, 0.5) is 5.82 Å². The van der Waals surface area contributed by atoms with Crippen LogP contribution >= 0.6 is 11.6 Å². The van der Waals surface area contributed by atoms with E-state index in [1.54, 1.807) is 6.20 Å². The lowest BCUT2D eigenvalue weighted by Crippen LogP contribution is -2.02. The van der Waals surface area contributed by atoms with Crippen molar-refractivity contribution in [3.63, 3.8) is 0 Å². The van der Waals surface area contributed by atoms with Crippen LogP contribution in [-0.2, 0) is 12.8 Å². The number of rotatable bonds is 2. The van der Waals surface area contributed by atoms with Crippen LogP contribution in [0.25, 0.3) is 0 Å². The molecule has 0 fully saturated rings. The minimum Gasteiger partial charge on any atom is -0.493 e. The van der Waals surface area contributed by atoms with Gasteiger partial charge in [-0.25, -0.2) is 4.98 Å². The molecule has 0 saturated carbocycles. The van der Waals surface area contributed by atoms with Crippen molar-refractivity contribution < 1.29 is 4.74 Å². The first-order valence-electron chi connectivity index (χ1n) is 6.29. The van der Waals surface area contributed by atoms with Gasteiger partial charge < -0.3 is 10.5 Å². The number of benzene rings is 1. The second-order valence-electron chi connectivity index (χ2n) is 4.82. The first kappa shape index (κ1) is 12.3. The zero-order valence-corrected chi connectivity index (χ0v) is 11.5. The summed E-state index contributed by atoms with van der Waals surface area (Å²) in [7, 11) is 0. The third-order valence-corrected chi connectivity index (χ3v) is 3.73. The number of pyridine rings is 1. The van der Waals surface area contributed by atoms with E-state index in [1.165, 1.54) is 5.56 Å². The number of halogens is 1. The number of aryl methyl sites for hydroxylation is 1. The van der Waals surface area contributed by atoms with Gasteiger partial charge in [-0.1, -0.05) is 11.6 Å². The molecule has 19 heavy (non-hydrogen) atoms. The van der Waals surface area contributed by atoms with Gasteiger partial charge in [0.1, 0.15) is 11.6 Å². The number of nitrogen functional groups attached to an aromatic ring is 1. The van der Waals surface area contributed by atoms with Gasteiger partial charge in [-0.05, 0) is 36.2 Å². The Balaban J connectivity index is 2.05. The molecule has 0 unspecified atom stereocenters. The van der Waals surface area contributed by atoms with Crippen molar-refractivity contribution in [2.24, 2.45) is 0 Å². The third-order valence-electron chi connectivity index (χ3n) is 3.52. The minimum atomic E-state index is 0.576. The van der Waals surface area contributed by atoms with E-state index in [0.29, 0.717) is 12.2 Å².